The summed E-state index contributed by atoms with van der Waals surface area (Å²) in [5.41, 5.74) is 2.34. The summed E-state index contributed by atoms with van der Waals surface area (Å²) in [7, 11) is 0. The molecule has 2 fully saturated rings. The number of carbonyl (C=O) groups excluding carboxylic acids is 1. The average molecular weight is 373 g/mol. The van der Waals surface area contributed by atoms with Gasteiger partial charge in [-0.15, -0.1) is 0 Å². The number of aryl methyl sites for hydroxylation is 2. The van der Waals surface area contributed by atoms with Crippen LogP contribution in [0.5, 0.6) is 5.75 Å². The molecule has 2 aliphatic heterocycles. The standard InChI is InChI=1S/C23H36N2O2/c1-19-15-20(2)17-22(16-19)27-18-23(26)25-13-8-5-9-21(25)10-14-24-11-6-3-4-7-12-24/h15-17,21H,3-14,18H2,1-2H3. The second-order valence-electron chi connectivity index (χ2n) is 8.39. The van der Waals surface area contributed by atoms with Gasteiger partial charge in [0.15, 0.2) is 6.61 Å². The first-order chi connectivity index (χ1) is 13.1. The predicted octanol–water partition coefficient (Wildman–Crippen LogP) is 4.33. The molecule has 0 aliphatic carbocycles. The molecule has 2 saturated heterocycles. The molecule has 2 heterocycles. The summed E-state index contributed by atoms with van der Waals surface area (Å²) in [6, 6.07) is 6.52. The van der Waals surface area contributed by atoms with Crippen molar-refractivity contribution in [3.63, 3.8) is 0 Å². The molecule has 0 N–H and O–H groups in total. The van der Waals surface area contributed by atoms with Crippen LogP contribution < -0.4 is 4.74 Å². The number of hydrogen-bond acceptors (Lipinski definition) is 3. The monoisotopic (exact) mass is 372 g/mol. The maximum absolute atomic E-state index is 12.8. The highest BCUT2D eigenvalue weighted by molar-refractivity contribution is 5.78. The van der Waals surface area contributed by atoms with Crippen LogP contribution in [0.15, 0.2) is 18.2 Å². The summed E-state index contributed by atoms with van der Waals surface area (Å²) in [6.07, 6.45) is 10.0. The van der Waals surface area contributed by atoms with Crippen LogP contribution in [0, 0.1) is 13.8 Å². The van der Waals surface area contributed by atoms with E-state index >= 15 is 0 Å². The average Bonchev–Trinajstić information content (AvgIpc) is 2.93. The first kappa shape index (κ1) is 20.2. The third-order valence-corrected chi connectivity index (χ3v) is 5.98. The van der Waals surface area contributed by atoms with Gasteiger partial charge in [-0.05, 0) is 88.7 Å². The quantitative estimate of drug-likeness (QED) is 0.745. The minimum absolute atomic E-state index is 0.148. The third kappa shape index (κ3) is 6.24. The molecule has 0 aromatic heterocycles. The Labute approximate surface area is 164 Å². The highest BCUT2D eigenvalue weighted by Crippen LogP contribution is 2.22. The molecule has 0 saturated carbocycles. The predicted molar refractivity (Wildman–Crippen MR) is 110 cm³/mol. The lowest BCUT2D eigenvalue weighted by Crippen LogP contribution is -2.47. The van der Waals surface area contributed by atoms with Crippen molar-refractivity contribution in [3.05, 3.63) is 29.3 Å². The number of hydrogen-bond donors (Lipinski definition) is 0. The van der Waals surface area contributed by atoms with Crippen LogP contribution in [0.3, 0.4) is 0 Å². The van der Waals surface area contributed by atoms with E-state index in [1.54, 1.807) is 0 Å². The molecule has 1 aromatic carbocycles. The fourth-order valence-corrected chi connectivity index (χ4v) is 4.56. The van der Waals surface area contributed by atoms with Crippen LogP contribution in [-0.2, 0) is 4.79 Å². The number of likely N-dealkylation sites (tertiary alicyclic amines) is 2. The molecule has 1 amide bonds. The number of rotatable bonds is 6. The largest absolute Gasteiger partial charge is 0.484 e. The molecule has 2 aliphatic rings. The van der Waals surface area contributed by atoms with Crippen molar-refractivity contribution in [2.24, 2.45) is 0 Å². The smallest absolute Gasteiger partial charge is 0.260 e. The SMILES string of the molecule is Cc1cc(C)cc(OCC(=O)N2CCCCC2CCN2CCCCCC2)c1. The van der Waals surface area contributed by atoms with E-state index in [9.17, 15) is 4.79 Å². The van der Waals surface area contributed by atoms with Crippen molar-refractivity contribution in [2.45, 2.75) is 71.3 Å². The minimum atomic E-state index is 0.148. The lowest BCUT2D eigenvalue weighted by atomic mass is 9.99. The van der Waals surface area contributed by atoms with E-state index < -0.39 is 0 Å². The molecule has 1 atom stereocenters. The van der Waals surface area contributed by atoms with Crippen molar-refractivity contribution in [3.8, 4) is 5.75 Å². The molecular formula is C23H36N2O2. The Morgan fingerprint density at radius 1 is 0.963 bits per heavy atom. The highest BCUT2D eigenvalue weighted by Gasteiger charge is 2.27. The Balaban J connectivity index is 1.51. The van der Waals surface area contributed by atoms with Gasteiger partial charge in [-0.3, -0.25) is 4.79 Å². The van der Waals surface area contributed by atoms with Gasteiger partial charge in [0.2, 0.25) is 0 Å². The molecule has 0 radical (unpaired) electrons. The number of nitrogens with zero attached hydrogens (tertiary/aromatic N) is 2. The number of benzene rings is 1. The van der Waals surface area contributed by atoms with E-state index in [1.165, 1.54) is 56.3 Å². The maximum Gasteiger partial charge on any atom is 0.260 e. The molecule has 27 heavy (non-hydrogen) atoms. The highest BCUT2D eigenvalue weighted by atomic mass is 16.5. The Kier molecular flexibility index (Phi) is 7.57. The molecule has 0 bridgehead atoms. The zero-order valence-electron chi connectivity index (χ0n) is 17.2. The van der Waals surface area contributed by atoms with Gasteiger partial charge in [0.25, 0.3) is 5.91 Å². The molecule has 3 rings (SSSR count). The maximum atomic E-state index is 12.8. The van der Waals surface area contributed by atoms with Gasteiger partial charge in [-0.2, -0.15) is 0 Å². The minimum Gasteiger partial charge on any atom is -0.484 e. The van der Waals surface area contributed by atoms with Gasteiger partial charge < -0.3 is 14.5 Å². The lowest BCUT2D eigenvalue weighted by molar-refractivity contribution is -0.137. The van der Waals surface area contributed by atoms with Gasteiger partial charge in [0, 0.05) is 19.1 Å². The molecule has 4 heteroatoms. The second kappa shape index (κ2) is 10.1. The zero-order chi connectivity index (χ0) is 19.1. The second-order valence-corrected chi connectivity index (χ2v) is 8.39. The van der Waals surface area contributed by atoms with Crippen LogP contribution in [0.4, 0.5) is 0 Å². The Hall–Kier alpha value is -1.55. The van der Waals surface area contributed by atoms with Crippen LogP contribution >= 0.6 is 0 Å². The van der Waals surface area contributed by atoms with Gasteiger partial charge in [-0.25, -0.2) is 0 Å². The fraction of sp³-hybridized carbons (Fsp3) is 0.696. The lowest BCUT2D eigenvalue weighted by Gasteiger charge is -2.37. The van der Waals surface area contributed by atoms with Crippen LogP contribution in [0.2, 0.25) is 0 Å². The summed E-state index contributed by atoms with van der Waals surface area (Å²) in [4.78, 5) is 17.6. The molecule has 150 valence electrons. The summed E-state index contributed by atoms with van der Waals surface area (Å²) < 4.78 is 5.84. The Morgan fingerprint density at radius 2 is 1.63 bits per heavy atom. The molecular weight excluding hydrogens is 336 g/mol. The summed E-state index contributed by atoms with van der Waals surface area (Å²) in [5, 5.41) is 0. The first-order valence-corrected chi connectivity index (χ1v) is 10.8. The van der Waals surface area contributed by atoms with E-state index in [4.69, 9.17) is 4.74 Å². The topological polar surface area (TPSA) is 32.8 Å². The van der Waals surface area contributed by atoms with Crippen molar-refractivity contribution in [1.29, 1.82) is 0 Å². The van der Waals surface area contributed by atoms with Crippen molar-refractivity contribution in [2.75, 3.05) is 32.8 Å². The van der Waals surface area contributed by atoms with Gasteiger partial charge >= 0.3 is 0 Å². The van der Waals surface area contributed by atoms with Crippen LogP contribution in [-0.4, -0.2) is 54.5 Å². The Morgan fingerprint density at radius 3 is 2.33 bits per heavy atom. The van der Waals surface area contributed by atoms with E-state index in [2.05, 4.69) is 29.7 Å². The van der Waals surface area contributed by atoms with Crippen molar-refractivity contribution < 1.29 is 9.53 Å². The fourth-order valence-electron chi connectivity index (χ4n) is 4.56. The summed E-state index contributed by atoms with van der Waals surface area (Å²) in [5.74, 6) is 0.953. The molecule has 1 aromatic rings. The van der Waals surface area contributed by atoms with Gasteiger partial charge in [0.05, 0.1) is 0 Å². The first-order valence-electron chi connectivity index (χ1n) is 10.8. The summed E-state index contributed by atoms with van der Waals surface area (Å²) >= 11 is 0. The van der Waals surface area contributed by atoms with Gasteiger partial charge in [0.1, 0.15) is 5.75 Å². The van der Waals surface area contributed by atoms with Crippen molar-refractivity contribution in [1.82, 2.24) is 9.80 Å². The van der Waals surface area contributed by atoms with Crippen LogP contribution in [0.25, 0.3) is 0 Å². The number of amides is 1. The van der Waals surface area contributed by atoms with Crippen LogP contribution in [0.1, 0.15) is 62.5 Å². The third-order valence-electron chi connectivity index (χ3n) is 5.98. The van der Waals surface area contributed by atoms with E-state index in [1.807, 2.05) is 12.1 Å². The van der Waals surface area contributed by atoms with Gasteiger partial charge in [-0.1, -0.05) is 18.9 Å². The number of carbonyl (C=O) groups is 1. The molecule has 4 nitrogen and oxygen atoms in total. The van der Waals surface area contributed by atoms with E-state index in [0.717, 1.165) is 38.1 Å². The molecule has 1 unspecified atom stereocenters. The van der Waals surface area contributed by atoms with E-state index in [0.29, 0.717) is 6.04 Å². The number of ether oxygens (including phenoxy) is 1. The van der Waals surface area contributed by atoms with E-state index in [-0.39, 0.29) is 12.5 Å². The normalized spacial score (nSPS) is 21.7. The Bertz CT molecular complexity index is 588. The number of piperidine rings is 1. The van der Waals surface area contributed by atoms with Crippen molar-refractivity contribution >= 4 is 5.91 Å². The molecule has 0 spiro atoms. The summed E-state index contributed by atoms with van der Waals surface area (Å²) in [6.45, 7) is 8.76. The zero-order valence-corrected chi connectivity index (χ0v) is 17.2.